The number of nitrogens with zero attached hydrogens (tertiary/aromatic N) is 1. The fourth-order valence-corrected chi connectivity index (χ4v) is 22.5. The Morgan fingerprint density at radius 1 is 0.313 bits per heavy atom. The average molecular weight is 2020 g/mol. The van der Waals surface area contributed by atoms with E-state index < -0.39 is 31.7 Å². The first kappa shape index (κ1) is 110. The van der Waals surface area contributed by atoms with Crippen LogP contribution in [0.25, 0.3) is 11.3 Å². The van der Waals surface area contributed by atoms with E-state index in [9.17, 15) is 0 Å². The summed E-state index contributed by atoms with van der Waals surface area (Å²) in [4.78, 5) is 48.8. The Balaban J connectivity index is 0.000000234. The third kappa shape index (κ3) is 37.3. The van der Waals surface area contributed by atoms with E-state index >= 15 is 0 Å². The SMILES string of the molecule is CC1(C)OB(c2ccc(N)cc2)OC1(C)C.Cc1cc(-c2ccc(N)cc2)oc1C.Cc1cc(Br)oc1C.Cc1ccoc1C.O=C=O.O=C=O.O=C=O.[B]=NS.[Pd].c1ccc(P(c2ccccc2)c2ccccc2)cc1.c1ccc(P(c2ccccc2)c2ccccc2)cc1.c1ccc(P(c2ccccc2)c2ccccc2)cc1.c1ccc(P(c2ccccc2)c2ccccc2)cc1. The van der Waals surface area contributed by atoms with Crippen LogP contribution in [0.1, 0.15) is 61.7 Å². The molecule has 3 aromatic heterocycles. The van der Waals surface area contributed by atoms with Crippen molar-refractivity contribution in [2.45, 2.75) is 80.4 Å². The van der Waals surface area contributed by atoms with Crippen molar-refractivity contribution in [2.75, 3.05) is 11.5 Å². The summed E-state index contributed by atoms with van der Waals surface area (Å²) in [5.74, 6) is 3.87. The molecule has 681 valence electrons. The molecule has 1 saturated heterocycles. The molecule has 1 radical (unpaired) electrons. The summed E-state index contributed by atoms with van der Waals surface area (Å²) in [6.45, 7) is 20.1. The molecule has 14 aromatic carbocycles. The molecule has 0 unspecified atom stereocenters. The number of nitrogen functional groups attached to an aromatic ring is 2. The molecule has 0 spiro atoms. The van der Waals surface area contributed by atoms with E-state index in [-0.39, 0.29) is 57.2 Å². The minimum atomic E-state index is -0.446. The van der Waals surface area contributed by atoms with Crippen molar-refractivity contribution < 1.29 is 71.8 Å². The van der Waals surface area contributed by atoms with Gasteiger partial charge in [0, 0.05) is 37.4 Å². The van der Waals surface area contributed by atoms with E-state index in [1.54, 1.807) is 6.26 Å². The molecule has 0 saturated carbocycles. The first-order chi connectivity index (χ1) is 64.4. The minimum Gasteiger partial charge on any atom is -0.0622 e. The van der Waals surface area contributed by atoms with Gasteiger partial charge in [0.1, 0.15) is 23.0 Å². The Hall–Kier alpha value is -12.3. The number of rotatable bonds is 14. The standard InChI is InChI=1S/4C18H15P.C12H18BNO2.C12H13NO.C6H7BrO.C6H8O.3CO2.BHNS.Pd/c4*1-4-10-16(11-5-1)19(17-12-6-2-7-13-17)18-14-8-3-9-15-18;1-11(2)12(3,4)16-13(15-11)9-5-7-10(14)8-6-9;1-8-7-12(14-9(8)2)10-3-5-11(13)6-4-10;1-4-3-6(7)8-5(4)2;1-5-3-4-7-6(5)2;3*2-1-3;1-2-3;/h4*1-15H;5-8H,14H2,1-4H3;3-7H,13H2,1-2H3;3H,1-2H3;3-4H,1-2H3;;;;3H;. The molecule has 18 rings (SSSR count). The van der Waals surface area contributed by atoms with Gasteiger partial charge in [-0.2, -0.15) is 28.8 Å². The maximum Gasteiger partial charge on any atom is 0 e. The fourth-order valence-electron chi connectivity index (χ4n) is 12.7. The quantitative estimate of drug-likeness (QED) is 0.0399. The summed E-state index contributed by atoms with van der Waals surface area (Å²) in [7, 11) is 2.25. The van der Waals surface area contributed by atoms with E-state index in [0.717, 1.165) is 50.1 Å². The van der Waals surface area contributed by atoms with Crippen molar-refractivity contribution in [3.05, 3.63) is 476 Å². The third-order valence-electron chi connectivity index (χ3n) is 20.2. The molecule has 1 aliphatic heterocycles. The van der Waals surface area contributed by atoms with Crippen LogP contribution in [-0.2, 0) is 58.5 Å². The first-order valence-corrected chi connectivity index (χ1v) is 48.7. The third-order valence-corrected chi connectivity index (χ3v) is 30.4. The van der Waals surface area contributed by atoms with Crippen LogP contribution in [0.4, 0.5) is 11.4 Å². The van der Waals surface area contributed by atoms with Gasteiger partial charge in [0.15, 0.2) is 4.67 Å². The van der Waals surface area contributed by atoms with Crippen molar-refractivity contribution in [1.29, 1.82) is 0 Å². The monoisotopic (exact) mass is 2020 g/mol. The number of anilines is 2. The van der Waals surface area contributed by atoms with Gasteiger partial charge in [-0.25, -0.2) is 0 Å². The fraction of sp³-hybridized carbons (Fsp3) is 0.108. The molecule has 14 nitrogen and oxygen atoms in total. The maximum absolute atomic E-state index is 8.12. The summed E-state index contributed by atoms with van der Waals surface area (Å²) in [6.07, 6.45) is 2.45. The van der Waals surface area contributed by atoms with Crippen LogP contribution in [0.3, 0.4) is 0 Å². The van der Waals surface area contributed by atoms with Crippen LogP contribution in [0, 0.1) is 41.5 Å². The zero-order chi connectivity index (χ0) is 96.0. The molecule has 134 heavy (non-hydrogen) atoms. The number of carbonyl (C=O) groups excluding carboxylic acids is 6. The summed E-state index contributed by atoms with van der Waals surface area (Å²) < 4.78 is 31.1. The molecular formula is C111H107B2BrN3O11P4PdS. The van der Waals surface area contributed by atoms with E-state index in [1.807, 2.05) is 136 Å². The van der Waals surface area contributed by atoms with Gasteiger partial charge in [-0.3, -0.25) is 0 Å². The zero-order valence-corrected chi connectivity index (χ0v) is 83.9. The molecule has 4 heterocycles. The molecule has 0 amide bonds. The predicted octanol–water partition coefficient (Wildman–Crippen LogP) is 21.5. The van der Waals surface area contributed by atoms with Gasteiger partial charge >= 0.3 is 50.3 Å². The van der Waals surface area contributed by atoms with Crippen LogP contribution in [0.15, 0.2) is 459 Å². The summed E-state index contributed by atoms with van der Waals surface area (Å²) >= 11 is 6.41. The Kier molecular flexibility index (Phi) is 50.7. The van der Waals surface area contributed by atoms with Crippen molar-refractivity contribution in [3.8, 4) is 11.3 Å². The minimum absolute atomic E-state index is 0. The van der Waals surface area contributed by atoms with Crippen LogP contribution in [0.2, 0.25) is 0 Å². The topological polar surface area (TPSA) is 225 Å². The van der Waals surface area contributed by atoms with Crippen molar-refractivity contribution in [1.82, 2.24) is 0 Å². The number of aryl methyl sites for hydroxylation is 6. The number of thiol groups is 1. The van der Waals surface area contributed by atoms with E-state index in [4.69, 9.17) is 62.8 Å². The second-order valence-corrected chi connectivity index (χ2v) is 39.8. The number of halogens is 1. The van der Waals surface area contributed by atoms with Gasteiger partial charge in [-0.05, 0) is 257 Å². The number of benzene rings is 14. The second kappa shape index (κ2) is 61.5. The molecule has 0 bridgehead atoms. The molecule has 23 heteroatoms. The Labute approximate surface area is 822 Å². The maximum atomic E-state index is 8.12. The molecule has 0 atom stereocenters. The molecule has 17 aromatic rings. The van der Waals surface area contributed by atoms with E-state index in [1.165, 1.54) is 80.3 Å². The molecule has 1 aliphatic rings. The van der Waals surface area contributed by atoms with Gasteiger partial charge in [0.05, 0.1) is 17.5 Å². The first-order valence-electron chi connectivity index (χ1n) is 42.2. The summed E-state index contributed by atoms with van der Waals surface area (Å²) in [5.41, 5.74) is 17.9. The van der Waals surface area contributed by atoms with Crippen LogP contribution in [0.5, 0.6) is 0 Å². The van der Waals surface area contributed by atoms with Gasteiger partial charge in [0.25, 0.3) is 0 Å². The van der Waals surface area contributed by atoms with Crippen molar-refractivity contribution in [3.63, 3.8) is 0 Å². The van der Waals surface area contributed by atoms with Crippen molar-refractivity contribution in [2.24, 2.45) is 4.30 Å². The molecule has 1 fully saturated rings. The van der Waals surface area contributed by atoms with E-state index in [2.05, 4.69) is 405 Å². The summed E-state index contributed by atoms with van der Waals surface area (Å²) in [6, 6.07) is 151. The second-order valence-electron chi connectivity index (χ2n) is 29.9. The predicted molar refractivity (Wildman–Crippen MR) is 561 cm³/mol. The van der Waals surface area contributed by atoms with Gasteiger partial charge in [0.2, 0.25) is 0 Å². The Morgan fingerprint density at radius 3 is 0.664 bits per heavy atom. The number of nitrogens with two attached hydrogens (primary N) is 2. The normalized spacial score (nSPS) is 11.1. The van der Waals surface area contributed by atoms with Crippen LogP contribution < -0.4 is 80.6 Å². The summed E-state index contributed by atoms with van der Waals surface area (Å²) in [5, 5.41) is 16.8. The number of furan rings is 3. The van der Waals surface area contributed by atoms with Crippen LogP contribution >= 0.6 is 60.4 Å². The Morgan fingerprint density at radius 2 is 0.515 bits per heavy atom. The van der Waals surface area contributed by atoms with Gasteiger partial charge in [-0.15, -0.1) is 0 Å². The van der Waals surface area contributed by atoms with Crippen molar-refractivity contribution >= 4 is 174 Å². The van der Waals surface area contributed by atoms with Gasteiger partial charge < -0.3 is 34.0 Å². The van der Waals surface area contributed by atoms with E-state index in [0.29, 0.717) is 0 Å². The Bertz CT molecular complexity index is 5250. The van der Waals surface area contributed by atoms with Gasteiger partial charge in [-0.1, -0.05) is 376 Å². The van der Waals surface area contributed by atoms with Crippen LogP contribution in [-0.4, -0.2) is 44.4 Å². The molecular weight excluding hydrogens is 1920 g/mol. The smallest absolute Gasteiger partial charge is 0 e. The molecule has 0 aliphatic carbocycles. The zero-order valence-electron chi connectivity index (χ0n) is 76.2. The molecule has 4 N–H and O–H groups in total. The largest absolute Gasteiger partial charge is 0.0622 e. The number of hydrogen-bond acceptors (Lipinski definition) is 15. The average Bonchev–Trinajstić information content (AvgIpc) is 1.63. The number of hydrogen-bond donors (Lipinski definition) is 3.